The number of benzene rings is 1. The molecule has 1 fully saturated rings. The molecule has 0 spiro atoms. The van der Waals surface area contributed by atoms with Crippen molar-refractivity contribution in [3.05, 3.63) is 63.7 Å². The Kier molecular flexibility index (Phi) is 4.91. The number of anilines is 3. The Labute approximate surface area is 185 Å². The number of pyridine rings is 1. The summed E-state index contributed by atoms with van der Waals surface area (Å²) in [4.78, 5) is 22.0. The van der Waals surface area contributed by atoms with Gasteiger partial charge in [-0.2, -0.15) is 5.26 Å². The van der Waals surface area contributed by atoms with E-state index in [1.165, 1.54) is 0 Å². The van der Waals surface area contributed by atoms with E-state index >= 15 is 0 Å². The van der Waals surface area contributed by atoms with Crippen molar-refractivity contribution in [1.29, 1.82) is 5.26 Å². The quantitative estimate of drug-likeness (QED) is 0.643. The summed E-state index contributed by atoms with van der Waals surface area (Å²) in [5, 5.41) is 15.9. The summed E-state index contributed by atoms with van der Waals surface area (Å²) >= 11 is 0. The minimum absolute atomic E-state index is 0.0216. The van der Waals surface area contributed by atoms with Gasteiger partial charge >= 0.3 is 0 Å². The van der Waals surface area contributed by atoms with Crippen LogP contribution in [0, 0.1) is 23.7 Å². The van der Waals surface area contributed by atoms with Crippen LogP contribution in [0.4, 0.5) is 17.3 Å². The minimum Gasteiger partial charge on any atom is -0.383 e. The highest BCUT2D eigenvalue weighted by atomic mass is 16.5. The van der Waals surface area contributed by atoms with Gasteiger partial charge in [-0.05, 0) is 48.7 Å². The van der Waals surface area contributed by atoms with Crippen molar-refractivity contribution in [1.82, 2.24) is 14.5 Å². The number of aromatic nitrogens is 3. The molecule has 0 saturated carbocycles. The van der Waals surface area contributed by atoms with Crippen molar-refractivity contribution in [3.8, 4) is 17.3 Å². The topological polar surface area (TPSA) is 105 Å². The van der Waals surface area contributed by atoms with Gasteiger partial charge in [-0.3, -0.25) is 4.79 Å². The number of fused-ring (bicyclic) bond motifs is 1. The van der Waals surface area contributed by atoms with Crippen LogP contribution >= 0.6 is 0 Å². The molecule has 5 rings (SSSR count). The van der Waals surface area contributed by atoms with Crippen molar-refractivity contribution in [2.45, 2.75) is 26.8 Å². The minimum atomic E-state index is -0.118. The van der Waals surface area contributed by atoms with E-state index in [2.05, 4.69) is 39.7 Å². The van der Waals surface area contributed by atoms with Crippen LogP contribution in [-0.2, 0) is 17.7 Å². The van der Waals surface area contributed by atoms with Crippen LogP contribution in [0.15, 0.2) is 41.5 Å². The number of ether oxygens (including phenoxy) is 1. The zero-order valence-electron chi connectivity index (χ0n) is 18.1. The maximum absolute atomic E-state index is 13.1. The average molecular weight is 428 g/mol. The Hall–Kier alpha value is -3.70. The largest absolute Gasteiger partial charge is 0.383 e. The van der Waals surface area contributed by atoms with Gasteiger partial charge in [0.05, 0.1) is 30.2 Å². The highest BCUT2D eigenvalue weighted by Gasteiger charge is 2.34. The van der Waals surface area contributed by atoms with Gasteiger partial charge in [0.15, 0.2) is 0 Å². The number of nitrogens with zero attached hydrogens (tertiary/aromatic N) is 4. The zero-order chi connectivity index (χ0) is 22.3. The Balaban J connectivity index is 1.46. The first-order valence-electron chi connectivity index (χ1n) is 10.6. The van der Waals surface area contributed by atoms with Crippen molar-refractivity contribution in [2.24, 2.45) is 5.41 Å². The molecule has 4 heterocycles. The van der Waals surface area contributed by atoms with Gasteiger partial charge in [0.1, 0.15) is 11.8 Å². The Bertz CT molecular complexity index is 1300. The molecule has 162 valence electrons. The van der Waals surface area contributed by atoms with Gasteiger partial charge in [-0.25, -0.2) is 9.97 Å². The molecule has 3 aromatic rings. The normalized spacial score (nSPS) is 15.9. The lowest BCUT2D eigenvalue weighted by Crippen LogP contribution is -2.45. The Morgan fingerprint density at radius 1 is 1.34 bits per heavy atom. The molecule has 2 N–H and O–H groups in total. The number of aryl methyl sites for hydroxylation is 1. The summed E-state index contributed by atoms with van der Waals surface area (Å²) in [6.45, 7) is 6.81. The summed E-state index contributed by atoms with van der Waals surface area (Å²) in [6.07, 6.45) is 4.40. The lowest BCUT2D eigenvalue weighted by Gasteiger charge is -2.38. The van der Waals surface area contributed by atoms with E-state index in [9.17, 15) is 10.1 Å². The molecule has 8 nitrogen and oxygen atoms in total. The third-order valence-corrected chi connectivity index (χ3v) is 5.91. The Morgan fingerprint density at radius 3 is 2.94 bits per heavy atom. The van der Waals surface area contributed by atoms with E-state index in [4.69, 9.17) is 4.74 Å². The molecule has 2 aromatic heterocycles. The highest BCUT2D eigenvalue weighted by Crippen LogP contribution is 2.32. The first kappa shape index (κ1) is 20.2. The standard InChI is InChI=1S/C24H24N6O2/c1-15-7-20(22(31)30(11-15)12-24(2)13-32-14-24)29-23-27-6-4-19(28-23)17-8-16-3-5-26-21(16)18(9-17)10-25/h4,6-9,11,26H,3,5,12-14H2,1-2H3,(H,27,28,29). The van der Waals surface area contributed by atoms with Gasteiger partial charge in [0, 0.05) is 36.5 Å². The molecule has 32 heavy (non-hydrogen) atoms. The number of nitriles is 1. The summed E-state index contributed by atoms with van der Waals surface area (Å²) in [7, 11) is 0. The number of nitrogens with one attached hydrogen (secondary N) is 2. The van der Waals surface area contributed by atoms with Gasteiger partial charge in [-0.15, -0.1) is 0 Å². The molecule has 0 atom stereocenters. The van der Waals surface area contributed by atoms with Gasteiger partial charge in [-0.1, -0.05) is 6.92 Å². The van der Waals surface area contributed by atoms with E-state index in [0.717, 1.165) is 35.3 Å². The summed E-state index contributed by atoms with van der Waals surface area (Å²) < 4.78 is 7.06. The molecule has 1 aromatic carbocycles. The molecule has 1 saturated heterocycles. The molecule has 2 aliphatic rings. The molecule has 0 amide bonds. The van der Waals surface area contributed by atoms with Gasteiger partial charge in [0.25, 0.3) is 5.56 Å². The number of hydrogen-bond acceptors (Lipinski definition) is 7. The predicted octanol–water partition coefficient (Wildman–Crippen LogP) is 3.23. The molecule has 0 aliphatic carbocycles. The first-order valence-corrected chi connectivity index (χ1v) is 10.6. The molecule has 0 bridgehead atoms. The van der Waals surface area contributed by atoms with Crippen LogP contribution < -0.4 is 16.2 Å². The fraction of sp³-hybridized carbons (Fsp3) is 0.333. The van der Waals surface area contributed by atoms with E-state index < -0.39 is 0 Å². The second-order valence-electron chi connectivity index (χ2n) is 8.90. The van der Waals surface area contributed by atoms with E-state index in [1.807, 2.05) is 31.3 Å². The van der Waals surface area contributed by atoms with Crippen molar-refractivity contribution >= 4 is 17.3 Å². The predicted molar refractivity (Wildman–Crippen MR) is 122 cm³/mol. The fourth-order valence-electron chi connectivity index (χ4n) is 4.31. The van der Waals surface area contributed by atoms with Gasteiger partial charge < -0.3 is 19.9 Å². The van der Waals surface area contributed by atoms with E-state index in [0.29, 0.717) is 42.7 Å². The smallest absolute Gasteiger partial charge is 0.274 e. The molecular weight excluding hydrogens is 404 g/mol. The number of rotatable bonds is 5. The van der Waals surface area contributed by atoms with Crippen LogP contribution in [0.2, 0.25) is 0 Å². The maximum Gasteiger partial charge on any atom is 0.274 e. The molecule has 0 unspecified atom stereocenters. The van der Waals surface area contributed by atoms with Crippen LogP contribution in [0.3, 0.4) is 0 Å². The molecular formula is C24H24N6O2. The van der Waals surface area contributed by atoms with Crippen LogP contribution in [0.1, 0.15) is 23.6 Å². The van der Waals surface area contributed by atoms with Crippen molar-refractivity contribution < 1.29 is 4.74 Å². The third kappa shape index (κ3) is 3.72. The van der Waals surface area contributed by atoms with Crippen molar-refractivity contribution in [3.63, 3.8) is 0 Å². The molecule has 2 aliphatic heterocycles. The summed E-state index contributed by atoms with van der Waals surface area (Å²) in [5.41, 5.74) is 5.45. The summed E-state index contributed by atoms with van der Waals surface area (Å²) in [6, 6.07) is 9.78. The zero-order valence-corrected chi connectivity index (χ0v) is 18.1. The average Bonchev–Trinajstić information content (AvgIpc) is 3.24. The van der Waals surface area contributed by atoms with Crippen molar-refractivity contribution in [2.75, 3.05) is 30.4 Å². The second kappa shape index (κ2) is 7.77. The molecule has 0 radical (unpaired) electrons. The monoisotopic (exact) mass is 428 g/mol. The van der Waals surface area contributed by atoms with Crippen LogP contribution in [0.25, 0.3) is 11.3 Å². The van der Waals surface area contributed by atoms with Crippen LogP contribution in [0.5, 0.6) is 0 Å². The Morgan fingerprint density at radius 2 is 2.19 bits per heavy atom. The first-order chi connectivity index (χ1) is 15.4. The maximum atomic E-state index is 13.1. The number of hydrogen-bond donors (Lipinski definition) is 2. The van der Waals surface area contributed by atoms with Crippen LogP contribution in [-0.4, -0.2) is 34.3 Å². The lowest BCUT2D eigenvalue weighted by molar-refractivity contribution is -0.110. The second-order valence-corrected chi connectivity index (χ2v) is 8.90. The highest BCUT2D eigenvalue weighted by molar-refractivity contribution is 5.74. The fourth-order valence-corrected chi connectivity index (χ4v) is 4.31. The van der Waals surface area contributed by atoms with Gasteiger partial charge in [0.2, 0.25) is 5.95 Å². The van der Waals surface area contributed by atoms with E-state index in [1.54, 1.807) is 10.8 Å². The SMILES string of the molecule is Cc1cc(Nc2nccc(-c3cc(C#N)c4c(c3)CCN4)n2)c(=O)n(CC2(C)COC2)c1. The molecule has 8 heteroatoms. The van der Waals surface area contributed by atoms with E-state index in [-0.39, 0.29) is 11.0 Å². The summed E-state index contributed by atoms with van der Waals surface area (Å²) in [5.74, 6) is 0.340. The lowest BCUT2D eigenvalue weighted by atomic mass is 9.88. The third-order valence-electron chi connectivity index (χ3n) is 5.91.